The third-order valence-corrected chi connectivity index (χ3v) is 13.7. The summed E-state index contributed by atoms with van der Waals surface area (Å²) in [5, 5.41) is 34.8. The van der Waals surface area contributed by atoms with Crippen LogP contribution in [0.15, 0.2) is 51.1 Å². The first kappa shape index (κ1) is 46.5. The van der Waals surface area contributed by atoms with Crippen LogP contribution in [0.1, 0.15) is 185 Å². The Morgan fingerprint density at radius 3 is 0.704 bits per heavy atom. The smallest absolute Gasteiger partial charge is 0.123 e. The summed E-state index contributed by atoms with van der Waals surface area (Å²) in [4.78, 5) is 3.44. The zero-order valence-electron chi connectivity index (χ0n) is 37.7. The van der Waals surface area contributed by atoms with Gasteiger partial charge in [-0.1, -0.05) is 138 Å². The van der Waals surface area contributed by atoms with Crippen LogP contribution in [0.3, 0.4) is 0 Å². The minimum absolute atomic E-state index is 0.214. The molecule has 0 heterocycles. The summed E-state index contributed by atoms with van der Waals surface area (Å²) >= 11 is 5.63. The van der Waals surface area contributed by atoms with Crippen LogP contribution in [0, 0.1) is 0 Å². The molecule has 302 valence electrons. The first-order valence-corrected chi connectivity index (χ1v) is 22.0. The van der Waals surface area contributed by atoms with Crippen molar-refractivity contribution >= 4 is 35.3 Å². The Morgan fingerprint density at radius 2 is 0.519 bits per heavy atom. The molecule has 0 radical (unpaired) electrons. The van der Waals surface area contributed by atoms with Gasteiger partial charge in [0.05, 0.1) is 4.08 Å². The van der Waals surface area contributed by atoms with Crippen LogP contribution in [-0.4, -0.2) is 24.1 Å². The van der Waals surface area contributed by atoms with E-state index in [1.807, 2.05) is 35.3 Å². The summed E-state index contributed by atoms with van der Waals surface area (Å²) in [5.74, 6) is 1.19. The van der Waals surface area contributed by atoms with E-state index in [0.717, 1.165) is 54.5 Å². The fourth-order valence-corrected chi connectivity index (χ4v) is 12.0. The second-order valence-electron chi connectivity index (χ2n) is 22.5. The predicted octanol–water partition coefficient (Wildman–Crippen LogP) is 15.1. The molecule has 0 unspecified atom stereocenters. The minimum atomic E-state index is -0.365. The third-order valence-electron chi connectivity index (χ3n) is 9.91. The Kier molecular flexibility index (Phi) is 13.0. The van der Waals surface area contributed by atoms with E-state index in [0.29, 0.717) is 17.2 Å². The van der Waals surface area contributed by atoms with Gasteiger partial charge < -0.3 is 15.3 Å². The highest BCUT2D eigenvalue weighted by Gasteiger charge is 2.39. The number of phenols is 3. The number of phenolic OH excluding ortho intramolecular Hbond substituents is 3. The maximum Gasteiger partial charge on any atom is 0.123 e. The van der Waals surface area contributed by atoms with Gasteiger partial charge in [0, 0.05) is 52.8 Å². The standard InChI is InChI=1S/C48H74O3S3/c1-41(2,3)32-22-29(23-33(38(32)49)42(4,5)6)52-47(19,20)28-48(21,53-30-24-34(43(7,8)9)39(50)35(25-30)44(10,11)12)54-31-26-36(45(13,14)15)40(51)37(27-31)46(16,17)18/h22-27,49-51H,28H2,1-21H3. The summed E-state index contributed by atoms with van der Waals surface area (Å²) in [7, 11) is 0. The molecule has 3 N–H and O–H groups in total. The number of aromatic hydroxyl groups is 3. The molecule has 0 fully saturated rings. The molecule has 6 heteroatoms. The molecule has 3 aromatic carbocycles. The van der Waals surface area contributed by atoms with Crippen molar-refractivity contribution in [3.63, 3.8) is 0 Å². The predicted molar refractivity (Wildman–Crippen MR) is 241 cm³/mol. The molecule has 0 saturated heterocycles. The Bertz CT molecular complexity index is 1640. The van der Waals surface area contributed by atoms with Crippen molar-refractivity contribution < 1.29 is 15.3 Å². The van der Waals surface area contributed by atoms with Gasteiger partial charge in [0.25, 0.3) is 0 Å². The lowest BCUT2D eigenvalue weighted by Crippen LogP contribution is -2.29. The number of benzene rings is 3. The van der Waals surface area contributed by atoms with Crippen molar-refractivity contribution in [2.24, 2.45) is 0 Å². The average Bonchev–Trinajstić information content (AvgIpc) is 2.91. The van der Waals surface area contributed by atoms with E-state index in [-0.39, 0.29) is 41.3 Å². The molecule has 0 atom stereocenters. The van der Waals surface area contributed by atoms with Crippen molar-refractivity contribution in [2.75, 3.05) is 0 Å². The average molecular weight is 795 g/mol. The molecular formula is C48H74O3S3. The van der Waals surface area contributed by atoms with E-state index < -0.39 is 0 Å². The summed E-state index contributed by atoms with van der Waals surface area (Å²) in [5.41, 5.74) is 4.39. The van der Waals surface area contributed by atoms with Crippen LogP contribution in [-0.2, 0) is 32.5 Å². The Hall–Kier alpha value is -1.89. The molecule has 0 saturated carbocycles. The molecule has 0 aliphatic carbocycles. The van der Waals surface area contributed by atoms with E-state index >= 15 is 0 Å². The van der Waals surface area contributed by atoms with Crippen LogP contribution < -0.4 is 0 Å². The monoisotopic (exact) mass is 794 g/mol. The molecule has 0 aromatic heterocycles. The van der Waals surface area contributed by atoms with Gasteiger partial charge >= 0.3 is 0 Å². The second-order valence-corrected chi connectivity index (χ2v) is 27.7. The summed E-state index contributed by atoms with van der Waals surface area (Å²) < 4.78 is -0.584. The largest absolute Gasteiger partial charge is 0.507 e. The maximum atomic E-state index is 11.6. The molecule has 54 heavy (non-hydrogen) atoms. The van der Waals surface area contributed by atoms with Crippen LogP contribution in [0.4, 0.5) is 0 Å². The molecule has 0 aliphatic rings. The van der Waals surface area contributed by atoms with Crippen molar-refractivity contribution in [1.82, 2.24) is 0 Å². The molecule has 0 bridgehead atoms. The van der Waals surface area contributed by atoms with Crippen molar-refractivity contribution in [3.05, 3.63) is 69.8 Å². The second kappa shape index (κ2) is 15.1. The van der Waals surface area contributed by atoms with Gasteiger partial charge in [-0.15, -0.1) is 35.3 Å². The first-order chi connectivity index (χ1) is 23.9. The van der Waals surface area contributed by atoms with E-state index in [2.05, 4.69) is 182 Å². The fourth-order valence-electron chi connectivity index (χ4n) is 7.15. The lowest BCUT2D eigenvalue weighted by molar-refractivity contribution is 0.421. The topological polar surface area (TPSA) is 60.7 Å². The normalized spacial score (nSPS) is 14.2. The molecule has 0 aliphatic heterocycles. The molecular weight excluding hydrogens is 721 g/mol. The van der Waals surface area contributed by atoms with Crippen molar-refractivity contribution in [1.29, 1.82) is 0 Å². The SMILES string of the molecule is CC(C)(CC(C)(Sc1cc(C(C)(C)C)c(O)c(C(C)(C)C)c1)Sc1cc(C(C)(C)C)c(O)c(C(C)(C)C)c1)Sc1cc(C(C)(C)C)c(O)c(C(C)(C)C)c1. The molecule has 0 amide bonds. The van der Waals surface area contributed by atoms with Gasteiger partial charge in [-0.05, 0) is 82.2 Å². The molecule has 3 aromatic rings. The minimum Gasteiger partial charge on any atom is -0.507 e. The number of hydrogen-bond donors (Lipinski definition) is 3. The number of rotatable bonds is 8. The van der Waals surface area contributed by atoms with Gasteiger partial charge in [0.15, 0.2) is 0 Å². The number of thioether (sulfide) groups is 3. The molecule has 3 rings (SSSR count). The van der Waals surface area contributed by atoms with Crippen LogP contribution in [0.2, 0.25) is 0 Å². The lowest BCUT2D eigenvalue weighted by Gasteiger charge is -2.38. The Labute approximate surface area is 343 Å². The van der Waals surface area contributed by atoms with Gasteiger partial charge in [-0.3, -0.25) is 0 Å². The highest BCUT2D eigenvalue weighted by atomic mass is 32.2. The zero-order chi connectivity index (χ0) is 42.0. The van der Waals surface area contributed by atoms with Crippen LogP contribution >= 0.6 is 35.3 Å². The summed E-state index contributed by atoms with van der Waals surface area (Å²) in [6, 6.07) is 13.2. The van der Waals surface area contributed by atoms with Gasteiger partial charge in [0.2, 0.25) is 0 Å². The fraction of sp³-hybridized carbons (Fsp3) is 0.625. The summed E-state index contributed by atoms with van der Waals surface area (Å²) in [6.07, 6.45) is 0.837. The van der Waals surface area contributed by atoms with Crippen molar-refractivity contribution in [3.8, 4) is 17.2 Å². The Morgan fingerprint density at radius 1 is 0.333 bits per heavy atom. The van der Waals surface area contributed by atoms with Gasteiger partial charge in [0.1, 0.15) is 17.2 Å². The van der Waals surface area contributed by atoms with Gasteiger partial charge in [-0.25, -0.2) is 0 Å². The lowest BCUT2D eigenvalue weighted by atomic mass is 9.79. The van der Waals surface area contributed by atoms with E-state index in [4.69, 9.17) is 0 Å². The first-order valence-electron chi connectivity index (χ1n) is 19.6. The van der Waals surface area contributed by atoms with Crippen LogP contribution in [0.5, 0.6) is 17.2 Å². The highest BCUT2D eigenvalue weighted by Crippen LogP contribution is 2.56. The third kappa shape index (κ3) is 11.4. The highest BCUT2D eigenvalue weighted by molar-refractivity contribution is 8.18. The van der Waals surface area contributed by atoms with E-state index in [1.54, 1.807) is 0 Å². The molecule has 0 spiro atoms. The molecule has 3 nitrogen and oxygen atoms in total. The quantitative estimate of drug-likeness (QED) is 0.156. The van der Waals surface area contributed by atoms with E-state index in [1.165, 1.54) is 0 Å². The van der Waals surface area contributed by atoms with Gasteiger partial charge in [-0.2, -0.15) is 0 Å². The Balaban J connectivity index is 2.31. The maximum absolute atomic E-state index is 11.6. The summed E-state index contributed by atoms with van der Waals surface area (Å²) in [6.45, 7) is 46.1. The van der Waals surface area contributed by atoms with Crippen molar-refractivity contribution in [2.45, 2.75) is 208 Å². The van der Waals surface area contributed by atoms with E-state index in [9.17, 15) is 15.3 Å². The van der Waals surface area contributed by atoms with Crippen LogP contribution in [0.25, 0.3) is 0 Å². The zero-order valence-corrected chi connectivity index (χ0v) is 40.2. The number of hydrogen-bond acceptors (Lipinski definition) is 6.